The first-order chi connectivity index (χ1) is 11.3. The number of halogens is 2. The summed E-state index contributed by atoms with van der Waals surface area (Å²) in [7, 11) is -2.97. The first kappa shape index (κ1) is 23.9. The number of guanidine groups is 1. The van der Waals surface area contributed by atoms with Crippen molar-refractivity contribution in [3.8, 4) is 5.75 Å². The summed E-state index contributed by atoms with van der Waals surface area (Å²) in [5, 5.41) is 6.25. The van der Waals surface area contributed by atoms with Crippen LogP contribution in [0.4, 0.5) is 4.39 Å². The van der Waals surface area contributed by atoms with E-state index in [0.29, 0.717) is 37.8 Å². The zero-order valence-electron chi connectivity index (χ0n) is 14.8. The van der Waals surface area contributed by atoms with Crippen LogP contribution in [0.15, 0.2) is 29.3 Å². The van der Waals surface area contributed by atoms with E-state index in [0.717, 1.165) is 0 Å². The van der Waals surface area contributed by atoms with Gasteiger partial charge in [0.15, 0.2) is 5.96 Å². The fourth-order valence-corrected chi connectivity index (χ4v) is 2.68. The number of nitrogens with one attached hydrogen (secondary N) is 2. The van der Waals surface area contributed by atoms with Crippen LogP contribution >= 0.6 is 24.0 Å². The second-order valence-corrected chi connectivity index (χ2v) is 7.79. The van der Waals surface area contributed by atoms with E-state index >= 15 is 0 Å². The van der Waals surface area contributed by atoms with Gasteiger partial charge in [-0.25, -0.2) is 17.8 Å². The predicted molar refractivity (Wildman–Crippen MR) is 110 cm³/mol. The average Bonchev–Trinajstić information content (AvgIpc) is 2.49. The van der Waals surface area contributed by atoms with Crippen LogP contribution in [-0.4, -0.2) is 52.1 Å². The van der Waals surface area contributed by atoms with Gasteiger partial charge in [0.05, 0.1) is 12.3 Å². The lowest BCUT2D eigenvalue weighted by Gasteiger charge is -2.17. The number of benzene rings is 1. The number of rotatable bonds is 9. The lowest BCUT2D eigenvalue weighted by atomic mass is 10.3. The predicted octanol–water partition coefficient (Wildman–Crippen LogP) is 2.20. The Bertz CT molecular complexity index is 641. The number of ether oxygens (including phenoxy) is 1. The molecule has 1 aromatic carbocycles. The van der Waals surface area contributed by atoms with Crippen molar-refractivity contribution in [1.82, 2.24) is 10.6 Å². The minimum Gasteiger partial charge on any atom is -0.492 e. The standard InChI is InChI=1S/C16H26FN3O3S.HI/c1-4-18-16(20-13(2)8-11-24(3,21)22)19-9-10-23-15-7-5-6-14(17)12-15;/h5-7,12-13H,4,8-11H2,1-3H3,(H2,18,19,20);1H. The molecule has 0 aromatic heterocycles. The third kappa shape index (κ3) is 12.0. The molecule has 0 heterocycles. The van der Waals surface area contributed by atoms with Crippen molar-refractivity contribution in [2.75, 3.05) is 31.7 Å². The molecule has 9 heteroatoms. The maximum absolute atomic E-state index is 13.0. The number of sulfone groups is 1. The molecule has 0 aliphatic carbocycles. The molecule has 0 saturated carbocycles. The van der Waals surface area contributed by atoms with Crippen LogP contribution < -0.4 is 15.4 Å². The van der Waals surface area contributed by atoms with Gasteiger partial charge in [-0.05, 0) is 32.4 Å². The van der Waals surface area contributed by atoms with Gasteiger partial charge in [-0.3, -0.25) is 0 Å². The monoisotopic (exact) mass is 487 g/mol. The van der Waals surface area contributed by atoms with Crippen LogP contribution in [0.3, 0.4) is 0 Å². The molecule has 0 amide bonds. The van der Waals surface area contributed by atoms with E-state index in [4.69, 9.17) is 4.74 Å². The van der Waals surface area contributed by atoms with E-state index in [-0.39, 0.29) is 41.6 Å². The summed E-state index contributed by atoms with van der Waals surface area (Å²) in [4.78, 5) is 4.36. The van der Waals surface area contributed by atoms with Gasteiger partial charge in [0.25, 0.3) is 0 Å². The van der Waals surface area contributed by atoms with E-state index in [1.54, 1.807) is 12.1 Å². The Morgan fingerprint density at radius 3 is 2.72 bits per heavy atom. The topological polar surface area (TPSA) is 79.8 Å². The third-order valence-electron chi connectivity index (χ3n) is 3.08. The first-order valence-corrected chi connectivity index (χ1v) is 9.97. The smallest absolute Gasteiger partial charge is 0.191 e. The molecule has 0 aliphatic heterocycles. The first-order valence-electron chi connectivity index (χ1n) is 7.91. The summed E-state index contributed by atoms with van der Waals surface area (Å²) < 4.78 is 40.9. The van der Waals surface area contributed by atoms with E-state index in [2.05, 4.69) is 15.6 Å². The molecule has 0 fully saturated rings. The van der Waals surface area contributed by atoms with Crippen molar-refractivity contribution in [2.45, 2.75) is 26.3 Å². The zero-order chi connectivity index (χ0) is 18.0. The third-order valence-corrected chi connectivity index (χ3v) is 4.05. The number of hydrogen-bond donors (Lipinski definition) is 2. The van der Waals surface area contributed by atoms with Crippen molar-refractivity contribution < 1.29 is 17.5 Å². The normalized spacial score (nSPS) is 12.9. The van der Waals surface area contributed by atoms with Crippen molar-refractivity contribution in [2.24, 2.45) is 4.99 Å². The quantitative estimate of drug-likeness (QED) is 0.242. The van der Waals surface area contributed by atoms with E-state index < -0.39 is 9.84 Å². The van der Waals surface area contributed by atoms with E-state index in [1.165, 1.54) is 18.4 Å². The SMILES string of the molecule is CCNC(=NCCOc1cccc(F)c1)NC(C)CCS(C)(=O)=O.I. The van der Waals surface area contributed by atoms with Crippen LogP contribution in [0.2, 0.25) is 0 Å². The minimum absolute atomic E-state index is 0. The molecule has 0 radical (unpaired) electrons. The Labute approximate surface area is 166 Å². The van der Waals surface area contributed by atoms with Crippen molar-refractivity contribution in [1.29, 1.82) is 0 Å². The average molecular weight is 487 g/mol. The summed E-state index contributed by atoms with van der Waals surface area (Å²) in [6.45, 7) is 5.25. The second kappa shape index (κ2) is 12.3. The lowest BCUT2D eigenvalue weighted by molar-refractivity contribution is 0.326. The maximum atomic E-state index is 13.0. The molecular weight excluding hydrogens is 460 g/mol. The summed E-state index contributed by atoms with van der Waals surface area (Å²) in [5.74, 6) is 0.847. The van der Waals surface area contributed by atoms with Crippen molar-refractivity contribution in [3.05, 3.63) is 30.1 Å². The van der Waals surface area contributed by atoms with Crippen LogP contribution in [0.5, 0.6) is 5.75 Å². The molecule has 0 spiro atoms. The Balaban J connectivity index is 0.00000576. The molecule has 6 nitrogen and oxygen atoms in total. The van der Waals surface area contributed by atoms with Gasteiger partial charge < -0.3 is 15.4 Å². The highest BCUT2D eigenvalue weighted by molar-refractivity contribution is 14.0. The molecule has 2 N–H and O–H groups in total. The van der Waals surface area contributed by atoms with Gasteiger partial charge in [-0.15, -0.1) is 24.0 Å². The largest absolute Gasteiger partial charge is 0.492 e. The molecule has 144 valence electrons. The van der Waals surface area contributed by atoms with Gasteiger partial charge in [0.2, 0.25) is 0 Å². The van der Waals surface area contributed by atoms with Gasteiger partial charge >= 0.3 is 0 Å². The summed E-state index contributed by atoms with van der Waals surface area (Å²) >= 11 is 0. The second-order valence-electron chi connectivity index (χ2n) is 5.53. The highest BCUT2D eigenvalue weighted by Gasteiger charge is 2.09. The summed E-state index contributed by atoms with van der Waals surface area (Å²) in [5.41, 5.74) is 0. The molecule has 1 atom stereocenters. The molecule has 1 rings (SSSR count). The minimum atomic E-state index is -2.97. The van der Waals surface area contributed by atoms with Crippen LogP contribution in [0, 0.1) is 5.82 Å². The Morgan fingerprint density at radius 2 is 2.12 bits per heavy atom. The highest BCUT2D eigenvalue weighted by atomic mass is 127. The van der Waals surface area contributed by atoms with Crippen LogP contribution in [-0.2, 0) is 9.84 Å². The summed E-state index contributed by atoms with van der Waals surface area (Å²) in [6, 6.07) is 5.92. The molecule has 0 saturated heterocycles. The molecule has 0 bridgehead atoms. The number of hydrogen-bond acceptors (Lipinski definition) is 4. The van der Waals surface area contributed by atoms with Crippen LogP contribution in [0.1, 0.15) is 20.3 Å². The molecule has 0 aliphatic rings. The van der Waals surface area contributed by atoms with Crippen molar-refractivity contribution in [3.63, 3.8) is 0 Å². The van der Waals surface area contributed by atoms with Gasteiger partial charge in [0, 0.05) is 24.9 Å². The molecule has 25 heavy (non-hydrogen) atoms. The van der Waals surface area contributed by atoms with Gasteiger partial charge in [-0.1, -0.05) is 6.07 Å². The Hall–Kier alpha value is -1.10. The highest BCUT2D eigenvalue weighted by Crippen LogP contribution is 2.11. The fourth-order valence-electron chi connectivity index (χ4n) is 1.89. The van der Waals surface area contributed by atoms with Crippen molar-refractivity contribution >= 4 is 39.8 Å². The molecular formula is C16H27FIN3O3S. The number of aliphatic imine (C=N–C) groups is 1. The molecule has 1 aromatic rings. The fraction of sp³-hybridized carbons (Fsp3) is 0.562. The van der Waals surface area contributed by atoms with Crippen LogP contribution in [0.25, 0.3) is 0 Å². The maximum Gasteiger partial charge on any atom is 0.191 e. The number of nitrogens with zero attached hydrogens (tertiary/aromatic N) is 1. The Morgan fingerprint density at radius 1 is 1.40 bits per heavy atom. The van der Waals surface area contributed by atoms with Gasteiger partial charge in [-0.2, -0.15) is 0 Å². The van der Waals surface area contributed by atoms with E-state index in [1.807, 2.05) is 13.8 Å². The van der Waals surface area contributed by atoms with E-state index in [9.17, 15) is 12.8 Å². The Kier molecular flexibility index (Phi) is 11.7. The summed E-state index contributed by atoms with van der Waals surface area (Å²) in [6.07, 6.45) is 1.73. The lowest BCUT2D eigenvalue weighted by Crippen LogP contribution is -2.43. The van der Waals surface area contributed by atoms with Gasteiger partial charge in [0.1, 0.15) is 28.0 Å². The zero-order valence-corrected chi connectivity index (χ0v) is 17.9. The molecule has 1 unspecified atom stereocenters.